The molecule has 4 heterocycles. The number of nitrogens with one attached hydrogen (secondary N) is 1. The lowest BCUT2D eigenvalue weighted by Crippen LogP contribution is -2.28. The zero-order valence-corrected chi connectivity index (χ0v) is 15.8. The molecule has 6 nitrogen and oxygen atoms in total. The molecule has 5 N–H and O–H groups in total. The van der Waals surface area contributed by atoms with Gasteiger partial charge in [0.15, 0.2) is 5.82 Å². The molecule has 3 aromatic heterocycles. The Bertz CT molecular complexity index is 942. The molecule has 0 radical (unpaired) electrons. The van der Waals surface area contributed by atoms with Gasteiger partial charge in [-0.05, 0) is 23.3 Å². The summed E-state index contributed by atoms with van der Waals surface area (Å²) in [6, 6.07) is 2.02. The number of rotatable bonds is 6. The molecule has 3 aromatic rings. The molecular weight excluding hydrogens is 352 g/mol. The van der Waals surface area contributed by atoms with Gasteiger partial charge in [-0.3, -0.25) is 0 Å². The minimum absolute atomic E-state index is 0.265. The van der Waals surface area contributed by atoms with E-state index in [-0.39, 0.29) is 5.37 Å². The van der Waals surface area contributed by atoms with E-state index in [9.17, 15) is 0 Å². The number of aromatic nitrogens is 3. The first-order valence-electron chi connectivity index (χ1n) is 8.54. The van der Waals surface area contributed by atoms with Crippen LogP contribution >= 0.6 is 23.1 Å². The van der Waals surface area contributed by atoms with E-state index in [0.29, 0.717) is 12.4 Å². The largest absolute Gasteiger partial charge is 0.382 e. The van der Waals surface area contributed by atoms with Crippen molar-refractivity contribution in [1.82, 2.24) is 19.9 Å². The molecular formula is C17H22N6S2. The molecule has 0 bridgehead atoms. The number of thiophene rings is 1. The third-order valence-electron chi connectivity index (χ3n) is 4.43. The number of nitrogens with zero attached hydrogens (tertiary/aromatic N) is 3. The number of unbranched alkanes of at least 4 members (excludes halogenated alkanes) is 1. The summed E-state index contributed by atoms with van der Waals surface area (Å²) < 4.78 is 3.49. The van der Waals surface area contributed by atoms with Crippen LogP contribution in [-0.2, 0) is 13.0 Å². The van der Waals surface area contributed by atoms with Crippen molar-refractivity contribution in [2.45, 2.75) is 38.1 Å². The molecule has 25 heavy (non-hydrogen) atoms. The molecule has 1 atom stereocenters. The van der Waals surface area contributed by atoms with Crippen LogP contribution in [0.1, 0.15) is 25.6 Å². The third kappa shape index (κ3) is 2.98. The van der Waals surface area contributed by atoms with Gasteiger partial charge in [0.1, 0.15) is 11.3 Å². The number of hydrogen-bond donors (Lipinski definition) is 3. The van der Waals surface area contributed by atoms with E-state index in [4.69, 9.17) is 16.5 Å². The molecule has 1 aliphatic rings. The van der Waals surface area contributed by atoms with Gasteiger partial charge < -0.3 is 21.4 Å². The van der Waals surface area contributed by atoms with Crippen LogP contribution in [0.25, 0.3) is 21.3 Å². The van der Waals surface area contributed by atoms with Crippen molar-refractivity contribution in [1.29, 1.82) is 0 Å². The van der Waals surface area contributed by atoms with Crippen LogP contribution in [0.15, 0.2) is 22.6 Å². The first-order chi connectivity index (χ1) is 12.2. The second kappa shape index (κ2) is 6.86. The summed E-state index contributed by atoms with van der Waals surface area (Å²) in [5, 5.41) is 7.94. The van der Waals surface area contributed by atoms with Crippen LogP contribution in [0.4, 0.5) is 5.82 Å². The lowest BCUT2D eigenvalue weighted by Gasteiger charge is -2.16. The van der Waals surface area contributed by atoms with Crippen LogP contribution in [0.5, 0.6) is 0 Å². The second-order valence-corrected chi connectivity index (χ2v) is 8.18. The molecule has 1 unspecified atom stereocenters. The van der Waals surface area contributed by atoms with E-state index in [2.05, 4.69) is 32.6 Å². The topological polar surface area (TPSA) is 94.8 Å². The summed E-state index contributed by atoms with van der Waals surface area (Å²) in [6.07, 6.45) is 3.20. The number of fused-ring (bicyclic) bond motifs is 3. The summed E-state index contributed by atoms with van der Waals surface area (Å²) in [6.45, 7) is 3.58. The first-order valence-corrected chi connectivity index (χ1v) is 10.4. The molecule has 0 aliphatic carbocycles. The van der Waals surface area contributed by atoms with Gasteiger partial charge in [-0.25, -0.2) is 9.97 Å². The quantitative estimate of drug-likeness (QED) is 0.614. The van der Waals surface area contributed by atoms with Gasteiger partial charge in [0.2, 0.25) is 0 Å². The molecule has 0 amide bonds. The fraction of sp³-hybridized carbons (Fsp3) is 0.412. The van der Waals surface area contributed by atoms with Crippen LogP contribution < -0.4 is 16.8 Å². The van der Waals surface area contributed by atoms with Crippen molar-refractivity contribution in [3.63, 3.8) is 0 Å². The molecule has 0 fully saturated rings. The monoisotopic (exact) mass is 374 g/mol. The van der Waals surface area contributed by atoms with E-state index < -0.39 is 0 Å². The Hall–Kier alpha value is -1.77. The van der Waals surface area contributed by atoms with E-state index in [1.807, 2.05) is 6.07 Å². The Morgan fingerprint density at radius 2 is 2.24 bits per heavy atom. The molecule has 0 saturated heterocycles. The van der Waals surface area contributed by atoms with E-state index in [1.165, 1.54) is 0 Å². The lowest BCUT2D eigenvalue weighted by atomic mass is 10.2. The number of nitrogens with two attached hydrogens (primary N) is 2. The zero-order chi connectivity index (χ0) is 17.4. The molecule has 132 valence electrons. The van der Waals surface area contributed by atoms with Gasteiger partial charge in [0.25, 0.3) is 0 Å². The van der Waals surface area contributed by atoms with Gasteiger partial charge >= 0.3 is 0 Å². The lowest BCUT2D eigenvalue weighted by molar-refractivity contribution is 0.591. The summed E-state index contributed by atoms with van der Waals surface area (Å²) in [5.74, 6) is 1.61. The maximum Gasteiger partial charge on any atom is 0.152 e. The van der Waals surface area contributed by atoms with Crippen LogP contribution in [0.3, 0.4) is 0 Å². The normalized spacial score (nSPS) is 17.4. The Morgan fingerprint density at radius 1 is 1.36 bits per heavy atom. The smallest absolute Gasteiger partial charge is 0.152 e. The molecule has 4 rings (SSSR count). The highest BCUT2D eigenvalue weighted by molar-refractivity contribution is 8.02. The van der Waals surface area contributed by atoms with Gasteiger partial charge in [-0.15, -0.1) is 23.1 Å². The van der Waals surface area contributed by atoms with Crippen molar-refractivity contribution >= 4 is 50.2 Å². The fourth-order valence-electron chi connectivity index (χ4n) is 3.18. The van der Waals surface area contributed by atoms with Crippen molar-refractivity contribution in [2.24, 2.45) is 5.73 Å². The number of imidazole rings is 1. The number of aryl methyl sites for hydroxylation is 1. The third-order valence-corrected chi connectivity index (χ3v) is 6.36. The Morgan fingerprint density at radius 3 is 3.00 bits per heavy atom. The molecule has 1 aliphatic heterocycles. The average Bonchev–Trinajstić information content (AvgIpc) is 3.32. The second-order valence-electron chi connectivity index (χ2n) is 6.19. The average molecular weight is 375 g/mol. The Kier molecular flexibility index (Phi) is 4.58. The zero-order valence-electron chi connectivity index (χ0n) is 14.2. The number of anilines is 1. The standard InChI is InChI=1S/C17H22N6S2/c1-2-3-4-12-22-14-15(16-11(5-6-24-16)21-17(14)19)23(12)8-13-20-10(7-18)9-25-13/h5-6,9,13,20H,2-4,7-8,18H2,1H3,(H2,19,21). The fourth-order valence-corrected chi connectivity index (χ4v) is 5.01. The van der Waals surface area contributed by atoms with Crippen molar-refractivity contribution in [2.75, 3.05) is 12.3 Å². The Balaban J connectivity index is 1.81. The predicted octanol–water partition coefficient (Wildman–Crippen LogP) is 3.03. The van der Waals surface area contributed by atoms with E-state index >= 15 is 0 Å². The molecule has 0 saturated carbocycles. The van der Waals surface area contributed by atoms with Gasteiger partial charge in [0, 0.05) is 18.7 Å². The predicted molar refractivity (Wildman–Crippen MR) is 108 cm³/mol. The Labute approximate surface area is 154 Å². The maximum absolute atomic E-state index is 6.21. The van der Waals surface area contributed by atoms with E-state index in [1.54, 1.807) is 23.1 Å². The summed E-state index contributed by atoms with van der Waals surface area (Å²) in [7, 11) is 0. The maximum atomic E-state index is 6.21. The molecule has 8 heteroatoms. The van der Waals surface area contributed by atoms with Crippen LogP contribution in [0.2, 0.25) is 0 Å². The number of hydrogen-bond acceptors (Lipinski definition) is 7. The minimum Gasteiger partial charge on any atom is -0.382 e. The number of thioether (sulfide) groups is 1. The number of nitrogen functional groups attached to an aromatic ring is 1. The van der Waals surface area contributed by atoms with Gasteiger partial charge in [-0.1, -0.05) is 13.3 Å². The number of pyridine rings is 1. The van der Waals surface area contributed by atoms with Crippen molar-refractivity contribution < 1.29 is 0 Å². The first kappa shape index (κ1) is 16.7. The van der Waals surface area contributed by atoms with Gasteiger partial charge in [0.05, 0.1) is 27.7 Å². The molecule has 0 aromatic carbocycles. The summed E-state index contributed by atoms with van der Waals surface area (Å²) in [4.78, 5) is 9.38. The van der Waals surface area contributed by atoms with Gasteiger partial charge in [-0.2, -0.15) is 0 Å². The van der Waals surface area contributed by atoms with Crippen LogP contribution in [-0.4, -0.2) is 26.5 Å². The summed E-state index contributed by atoms with van der Waals surface area (Å²) in [5.41, 5.74) is 16.0. The van der Waals surface area contributed by atoms with Crippen LogP contribution in [0, 0.1) is 0 Å². The van der Waals surface area contributed by atoms with Crippen molar-refractivity contribution in [3.05, 3.63) is 28.4 Å². The summed E-state index contributed by atoms with van der Waals surface area (Å²) >= 11 is 3.48. The highest BCUT2D eigenvalue weighted by atomic mass is 32.2. The highest BCUT2D eigenvalue weighted by Gasteiger charge is 2.22. The SMILES string of the molecule is CCCCc1nc2c(N)nc3ccsc3c2n1CC1NC(CN)=CS1. The minimum atomic E-state index is 0.265. The highest BCUT2D eigenvalue weighted by Crippen LogP contribution is 2.34. The van der Waals surface area contributed by atoms with Crippen molar-refractivity contribution in [3.8, 4) is 0 Å². The molecule has 0 spiro atoms. The van der Waals surface area contributed by atoms with E-state index in [0.717, 1.165) is 58.6 Å².